The van der Waals surface area contributed by atoms with Crippen molar-refractivity contribution >= 4 is 11.1 Å². The van der Waals surface area contributed by atoms with Gasteiger partial charge >= 0.3 is 0 Å². The van der Waals surface area contributed by atoms with Crippen LogP contribution < -0.4 is 0 Å². The summed E-state index contributed by atoms with van der Waals surface area (Å²) in [7, 11) is 0. The van der Waals surface area contributed by atoms with Crippen molar-refractivity contribution in [2.75, 3.05) is 0 Å². The zero-order valence-corrected chi connectivity index (χ0v) is 12.8. The molecule has 0 aliphatic heterocycles. The van der Waals surface area contributed by atoms with Gasteiger partial charge < -0.3 is 0 Å². The Kier molecular flexibility index (Phi) is 3.04. The van der Waals surface area contributed by atoms with Gasteiger partial charge in [-0.1, -0.05) is 17.7 Å². The van der Waals surface area contributed by atoms with E-state index in [1.54, 1.807) is 0 Å². The Bertz CT molecular complexity index is 499. The number of hydrogen-bond acceptors (Lipinski definition) is 2. The average molecular weight is 290 g/mol. The molecule has 4 bridgehead atoms. The van der Waals surface area contributed by atoms with Crippen LogP contribution in [0.25, 0.3) is 0 Å². The second kappa shape index (κ2) is 4.67. The standard InChI is InChI=1S/C17H22O2S/c1-12-2-4-16(5-3-12)20(18)19-17-9-13-6-14(10-17)8-15(7-13)11-17/h2-5,13-15H,6-11H2,1H3/t13?,14?,15?,17?,20-/m1/s1. The van der Waals surface area contributed by atoms with Gasteiger partial charge in [0.2, 0.25) is 0 Å². The van der Waals surface area contributed by atoms with E-state index in [1.165, 1.54) is 24.8 Å². The number of benzene rings is 1. The van der Waals surface area contributed by atoms with Gasteiger partial charge in [0.05, 0.1) is 10.5 Å². The van der Waals surface area contributed by atoms with E-state index in [0.717, 1.165) is 41.9 Å². The molecule has 0 unspecified atom stereocenters. The van der Waals surface area contributed by atoms with Gasteiger partial charge in [0.1, 0.15) is 0 Å². The molecule has 0 saturated heterocycles. The van der Waals surface area contributed by atoms with Crippen molar-refractivity contribution in [3.8, 4) is 0 Å². The van der Waals surface area contributed by atoms with E-state index in [9.17, 15) is 4.21 Å². The largest absolute Gasteiger partial charge is 0.280 e. The summed E-state index contributed by atoms with van der Waals surface area (Å²) in [5, 5.41) is 0. The summed E-state index contributed by atoms with van der Waals surface area (Å²) in [4.78, 5) is 0.811. The van der Waals surface area contributed by atoms with Crippen LogP contribution in [0.5, 0.6) is 0 Å². The van der Waals surface area contributed by atoms with E-state index in [1.807, 2.05) is 31.2 Å². The smallest absolute Gasteiger partial charge is 0.189 e. The zero-order chi connectivity index (χ0) is 13.7. The van der Waals surface area contributed by atoms with Crippen molar-refractivity contribution in [3.05, 3.63) is 29.8 Å². The van der Waals surface area contributed by atoms with Gasteiger partial charge in [-0.05, 0) is 75.3 Å². The van der Waals surface area contributed by atoms with Crippen LogP contribution >= 0.6 is 0 Å². The molecule has 0 radical (unpaired) electrons. The molecule has 1 atom stereocenters. The number of rotatable bonds is 3. The van der Waals surface area contributed by atoms with Crippen LogP contribution in [0.2, 0.25) is 0 Å². The monoisotopic (exact) mass is 290 g/mol. The van der Waals surface area contributed by atoms with E-state index in [2.05, 4.69) is 0 Å². The molecule has 4 saturated carbocycles. The molecule has 0 heterocycles. The van der Waals surface area contributed by atoms with Crippen LogP contribution in [0.3, 0.4) is 0 Å². The first-order chi connectivity index (χ1) is 9.62. The summed E-state index contributed by atoms with van der Waals surface area (Å²) in [5.41, 5.74) is 1.12. The van der Waals surface area contributed by atoms with E-state index in [-0.39, 0.29) is 5.60 Å². The normalized spacial score (nSPS) is 40.0. The van der Waals surface area contributed by atoms with Crippen molar-refractivity contribution < 1.29 is 8.39 Å². The molecule has 4 aliphatic carbocycles. The summed E-state index contributed by atoms with van der Waals surface area (Å²) in [6.45, 7) is 2.05. The maximum Gasteiger partial charge on any atom is 0.189 e. The highest BCUT2D eigenvalue weighted by molar-refractivity contribution is 7.80. The minimum atomic E-state index is -1.30. The van der Waals surface area contributed by atoms with E-state index in [4.69, 9.17) is 4.18 Å². The highest BCUT2D eigenvalue weighted by Crippen LogP contribution is 2.57. The van der Waals surface area contributed by atoms with E-state index >= 15 is 0 Å². The second-order valence-electron chi connectivity index (χ2n) is 7.23. The molecule has 5 rings (SSSR count). The summed E-state index contributed by atoms with van der Waals surface area (Å²) in [5.74, 6) is 2.49. The van der Waals surface area contributed by atoms with Crippen LogP contribution in [0.1, 0.15) is 44.1 Å². The Hall–Kier alpha value is -0.670. The first-order valence-electron chi connectivity index (χ1n) is 7.80. The first-order valence-corrected chi connectivity index (χ1v) is 8.87. The van der Waals surface area contributed by atoms with Gasteiger partial charge in [0, 0.05) is 0 Å². The molecular weight excluding hydrogens is 268 g/mol. The lowest BCUT2D eigenvalue weighted by Crippen LogP contribution is -2.52. The van der Waals surface area contributed by atoms with Gasteiger partial charge in [-0.3, -0.25) is 4.18 Å². The first kappa shape index (κ1) is 13.0. The summed E-state index contributed by atoms with van der Waals surface area (Å²) in [6.07, 6.45) is 7.57. The summed E-state index contributed by atoms with van der Waals surface area (Å²) >= 11 is -1.30. The summed E-state index contributed by atoms with van der Waals surface area (Å²) < 4.78 is 18.7. The summed E-state index contributed by atoms with van der Waals surface area (Å²) in [6, 6.07) is 7.89. The molecule has 0 amide bonds. The molecule has 0 spiro atoms. The molecule has 0 aromatic heterocycles. The molecule has 1 aromatic carbocycles. The fourth-order valence-corrected chi connectivity index (χ4v) is 5.97. The van der Waals surface area contributed by atoms with Gasteiger partial charge in [-0.25, -0.2) is 4.21 Å². The predicted molar refractivity (Wildman–Crippen MR) is 79.6 cm³/mol. The minimum Gasteiger partial charge on any atom is -0.280 e. The van der Waals surface area contributed by atoms with E-state index in [0.29, 0.717) is 0 Å². The minimum absolute atomic E-state index is 0.0789. The molecule has 20 heavy (non-hydrogen) atoms. The molecule has 2 nitrogen and oxygen atoms in total. The quantitative estimate of drug-likeness (QED) is 0.841. The van der Waals surface area contributed by atoms with Crippen LogP contribution in [0.4, 0.5) is 0 Å². The Morgan fingerprint density at radius 2 is 1.50 bits per heavy atom. The van der Waals surface area contributed by atoms with E-state index < -0.39 is 11.1 Å². The molecule has 1 aromatic rings. The maximum atomic E-state index is 12.5. The third-order valence-corrected chi connectivity index (χ3v) is 6.61. The molecule has 4 fully saturated rings. The van der Waals surface area contributed by atoms with Gasteiger partial charge in [-0.15, -0.1) is 0 Å². The molecule has 0 N–H and O–H groups in total. The Morgan fingerprint density at radius 1 is 1.00 bits per heavy atom. The number of aryl methyl sites for hydroxylation is 1. The Balaban J connectivity index is 1.53. The van der Waals surface area contributed by atoms with Crippen molar-refractivity contribution in [1.29, 1.82) is 0 Å². The lowest BCUT2D eigenvalue weighted by atomic mass is 9.54. The van der Waals surface area contributed by atoms with Crippen molar-refractivity contribution in [2.45, 2.75) is 55.9 Å². The highest BCUT2D eigenvalue weighted by Gasteiger charge is 2.52. The highest BCUT2D eigenvalue weighted by atomic mass is 32.2. The SMILES string of the molecule is Cc1ccc([S@](=O)OC23CC4CC(CC(C4)C2)C3)cc1. The fraction of sp³-hybridized carbons (Fsp3) is 0.647. The lowest BCUT2D eigenvalue weighted by Gasteiger charge is -2.55. The second-order valence-corrected chi connectivity index (χ2v) is 8.34. The third-order valence-electron chi connectivity index (χ3n) is 5.45. The van der Waals surface area contributed by atoms with Crippen LogP contribution in [-0.4, -0.2) is 9.81 Å². The van der Waals surface area contributed by atoms with Gasteiger partial charge in [0.15, 0.2) is 11.1 Å². The molecule has 108 valence electrons. The van der Waals surface area contributed by atoms with Gasteiger partial charge in [-0.2, -0.15) is 0 Å². The topological polar surface area (TPSA) is 26.3 Å². The van der Waals surface area contributed by atoms with Crippen molar-refractivity contribution in [1.82, 2.24) is 0 Å². The van der Waals surface area contributed by atoms with Gasteiger partial charge in [0.25, 0.3) is 0 Å². The lowest BCUT2D eigenvalue weighted by molar-refractivity contribution is -0.101. The molecular formula is C17H22O2S. The fourth-order valence-electron chi connectivity index (χ4n) is 4.99. The number of hydrogen-bond donors (Lipinski definition) is 0. The zero-order valence-electron chi connectivity index (χ0n) is 12.0. The van der Waals surface area contributed by atoms with Crippen LogP contribution in [0.15, 0.2) is 29.2 Å². The average Bonchev–Trinajstić information content (AvgIpc) is 2.37. The molecule has 4 aliphatic rings. The predicted octanol–water partition coefficient (Wildman–Crippen LogP) is 4.00. The molecule has 3 heteroatoms. The Labute approximate surface area is 123 Å². The van der Waals surface area contributed by atoms with Crippen molar-refractivity contribution in [2.24, 2.45) is 17.8 Å². The van der Waals surface area contributed by atoms with Crippen LogP contribution in [0, 0.1) is 24.7 Å². The Morgan fingerprint density at radius 3 is 2.00 bits per heavy atom. The van der Waals surface area contributed by atoms with Crippen LogP contribution in [-0.2, 0) is 15.3 Å². The third kappa shape index (κ3) is 2.25. The van der Waals surface area contributed by atoms with Crippen molar-refractivity contribution in [3.63, 3.8) is 0 Å². The maximum absolute atomic E-state index is 12.5.